The lowest BCUT2D eigenvalue weighted by atomic mass is 10.0. The Morgan fingerprint density at radius 2 is 1.76 bits per heavy atom. The van der Waals surface area contributed by atoms with Gasteiger partial charge < -0.3 is 5.32 Å². The molecule has 168 valence electrons. The van der Waals surface area contributed by atoms with Crippen molar-refractivity contribution in [2.75, 3.05) is 5.32 Å². The topological polar surface area (TPSA) is 81.4 Å². The van der Waals surface area contributed by atoms with Crippen molar-refractivity contribution in [1.82, 2.24) is 29.7 Å². The summed E-state index contributed by atoms with van der Waals surface area (Å²) in [7, 11) is 0. The van der Waals surface area contributed by atoms with Gasteiger partial charge in [0.15, 0.2) is 5.82 Å². The molecule has 0 aliphatic carbocycles. The van der Waals surface area contributed by atoms with Gasteiger partial charge in [0.1, 0.15) is 16.5 Å². The third kappa shape index (κ3) is 5.03. The smallest absolute Gasteiger partial charge is 0.333 e. The Balaban J connectivity index is 1.49. The maximum atomic E-state index is 13.1. The largest absolute Gasteiger partial charge is 0.433 e. The van der Waals surface area contributed by atoms with E-state index in [9.17, 15) is 13.2 Å². The standard InChI is InChI=1S/C22H18F3N7S/c1-13-20(15-6-9-26-17(10-15)22(23,24)25)14(2)32(31-13)12-19(33)30-18-5-4-16(11-29-18)21-27-7-3-8-28-21/h3-11H,12H2,1-2H3,(H,29,30,33). The van der Waals surface area contributed by atoms with Gasteiger partial charge in [-0.1, -0.05) is 12.2 Å². The van der Waals surface area contributed by atoms with Crippen LogP contribution in [0.1, 0.15) is 17.1 Å². The van der Waals surface area contributed by atoms with Crippen LogP contribution < -0.4 is 5.32 Å². The van der Waals surface area contributed by atoms with E-state index in [2.05, 4.69) is 30.4 Å². The monoisotopic (exact) mass is 469 g/mol. The minimum Gasteiger partial charge on any atom is -0.333 e. The number of aryl methyl sites for hydroxylation is 1. The van der Waals surface area contributed by atoms with E-state index in [1.54, 1.807) is 49.3 Å². The molecule has 0 unspecified atom stereocenters. The second kappa shape index (κ2) is 9.02. The molecule has 0 aliphatic rings. The highest BCUT2D eigenvalue weighted by atomic mass is 32.1. The fraction of sp³-hybridized carbons (Fsp3) is 0.182. The van der Waals surface area contributed by atoms with Crippen molar-refractivity contribution in [3.05, 3.63) is 72.2 Å². The maximum absolute atomic E-state index is 13.1. The van der Waals surface area contributed by atoms with E-state index in [-0.39, 0.29) is 6.54 Å². The molecule has 4 rings (SSSR count). The molecule has 0 spiro atoms. The molecule has 0 amide bonds. The Kier molecular flexibility index (Phi) is 6.14. The van der Waals surface area contributed by atoms with E-state index in [0.29, 0.717) is 39.1 Å². The molecule has 0 radical (unpaired) electrons. The molecule has 4 heterocycles. The summed E-state index contributed by atoms with van der Waals surface area (Å²) in [4.78, 5) is 16.6. The molecule has 4 aromatic rings. The van der Waals surface area contributed by atoms with Gasteiger partial charge in [-0.2, -0.15) is 18.3 Å². The van der Waals surface area contributed by atoms with Gasteiger partial charge in [0, 0.05) is 41.6 Å². The summed E-state index contributed by atoms with van der Waals surface area (Å²) in [5.41, 5.74) is 2.14. The van der Waals surface area contributed by atoms with Crippen LogP contribution in [0.25, 0.3) is 22.5 Å². The third-order valence-corrected chi connectivity index (χ3v) is 5.10. The highest BCUT2D eigenvalue weighted by molar-refractivity contribution is 7.80. The first kappa shape index (κ1) is 22.5. The number of nitrogens with zero attached hydrogens (tertiary/aromatic N) is 6. The van der Waals surface area contributed by atoms with Crippen LogP contribution >= 0.6 is 12.2 Å². The van der Waals surface area contributed by atoms with E-state index in [4.69, 9.17) is 12.2 Å². The molecule has 0 atom stereocenters. The van der Waals surface area contributed by atoms with Crippen LogP contribution in [0.5, 0.6) is 0 Å². The van der Waals surface area contributed by atoms with Crippen molar-refractivity contribution in [1.29, 1.82) is 0 Å². The summed E-state index contributed by atoms with van der Waals surface area (Å²) in [6, 6.07) is 7.89. The number of alkyl halides is 3. The van der Waals surface area contributed by atoms with Gasteiger partial charge in [0.05, 0.1) is 12.2 Å². The first-order valence-corrected chi connectivity index (χ1v) is 10.2. The molecule has 0 aliphatic heterocycles. The van der Waals surface area contributed by atoms with E-state index in [1.807, 2.05) is 6.07 Å². The molecule has 0 aromatic carbocycles. The van der Waals surface area contributed by atoms with Crippen molar-refractivity contribution < 1.29 is 13.2 Å². The molecule has 1 N–H and O–H groups in total. The molecule has 0 fully saturated rings. The van der Waals surface area contributed by atoms with Gasteiger partial charge in [-0.05, 0) is 49.7 Å². The summed E-state index contributed by atoms with van der Waals surface area (Å²) in [5.74, 6) is 1.12. The zero-order valence-corrected chi connectivity index (χ0v) is 18.4. The summed E-state index contributed by atoms with van der Waals surface area (Å²) in [6.07, 6.45) is 1.58. The van der Waals surface area contributed by atoms with Crippen molar-refractivity contribution in [2.24, 2.45) is 0 Å². The Bertz CT molecular complexity index is 1290. The lowest BCUT2D eigenvalue weighted by Gasteiger charge is -2.10. The van der Waals surface area contributed by atoms with Gasteiger partial charge in [0.25, 0.3) is 0 Å². The summed E-state index contributed by atoms with van der Waals surface area (Å²) in [5, 5.41) is 7.52. The number of anilines is 1. The fourth-order valence-electron chi connectivity index (χ4n) is 3.38. The Morgan fingerprint density at radius 1 is 1.00 bits per heavy atom. The van der Waals surface area contributed by atoms with Crippen LogP contribution in [0.15, 0.2) is 55.1 Å². The van der Waals surface area contributed by atoms with E-state index in [1.165, 1.54) is 6.07 Å². The van der Waals surface area contributed by atoms with Crippen LogP contribution in [-0.2, 0) is 12.7 Å². The van der Waals surface area contributed by atoms with Crippen molar-refractivity contribution in [3.8, 4) is 22.5 Å². The minimum absolute atomic E-state index is 0.241. The molecule has 33 heavy (non-hydrogen) atoms. The van der Waals surface area contributed by atoms with E-state index < -0.39 is 11.9 Å². The van der Waals surface area contributed by atoms with Crippen molar-refractivity contribution in [3.63, 3.8) is 0 Å². The second-order valence-corrected chi connectivity index (χ2v) is 7.68. The quantitative estimate of drug-likeness (QED) is 0.418. The van der Waals surface area contributed by atoms with Crippen molar-refractivity contribution >= 4 is 23.0 Å². The number of aromatic nitrogens is 6. The van der Waals surface area contributed by atoms with Gasteiger partial charge in [-0.3, -0.25) is 9.67 Å². The fourth-order valence-corrected chi connectivity index (χ4v) is 3.60. The number of pyridine rings is 2. The summed E-state index contributed by atoms with van der Waals surface area (Å²) < 4.78 is 40.9. The molecule has 0 saturated carbocycles. The molecule has 11 heteroatoms. The molecular weight excluding hydrogens is 451 g/mol. The second-order valence-electron chi connectivity index (χ2n) is 7.18. The third-order valence-electron chi connectivity index (χ3n) is 4.87. The number of hydrogen-bond acceptors (Lipinski definition) is 6. The van der Waals surface area contributed by atoms with E-state index in [0.717, 1.165) is 17.8 Å². The molecule has 4 aromatic heterocycles. The van der Waals surface area contributed by atoms with Gasteiger partial charge in [0.2, 0.25) is 0 Å². The predicted octanol–water partition coefficient (Wildman–Crippen LogP) is 4.87. The number of nitrogens with one attached hydrogen (secondary N) is 1. The zero-order chi connectivity index (χ0) is 23.6. The number of halogens is 3. The minimum atomic E-state index is -4.52. The highest BCUT2D eigenvalue weighted by Crippen LogP contribution is 2.32. The number of hydrogen-bond donors (Lipinski definition) is 1. The van der Waals surface area contributed by atoms with E-state index >= 15 is 0 Å². The Hall–Kier alpha value is -3.73. The number of rotatable bonds is 5. The SMILES string of the molecule is Cc1nn(CC(=S)Nc2ccc(-c3ncccn3)cn2)c(C)c1-c1ccnc(C(F)(F)F)c1. The van der Waals surface area contributed by atoms with Crippen LogP contribution in [0, 0.1) is 13.8 Å². The van der Waals surface area contributed by atoms with Crippen LogP contribution in [0.2, 0.25) is 0 Å². The highest BCUT2D eigenvalue weighted by Gasteiger charge is 2.33. The van der Waals surface area contributed by atoms with Gasteiger partial charge in [-0.15, -0.1) is 0 Å². The summed E-state index contributed by atoms with van der Waals surface area (Å²) in [6.45, 7) is 3.78. The van der Waals surface area contributed by atoms with Crippen molar-refractivity contribution in [2.45, 2.75) is 26.6 Å². The van der Waals surface area contributed by atoms with Gasteiger partial charge >= 0.3 is 6.18 Å². The maximum Gasteiger partial charge on any atom is 0.433 e. The Morgan fingerprint density at radius 3 is 2.42 bits per heavy atom. The molecule has 0 saturated heterocycles. The predicted molar refractivity (Wildman–Crippen MR) is 121 cm³/mol. The van der Waals surface area contributed by atoms with Gasteiger partial charge in [-0.25, -0.2) is 15.0 Å². The lowest BCUT2D eigenvalue weighted by molar-refractivity contribution is -0.141. The zero-order valence-electron chi connectivity index (χ0n) is 17.6. The molecule has 7 nitrogen and oxygen atoms in total. The Labute approximate surface area is 192 Å². The average molecular weight is 469 g/mol. The average Bonchev–Trinajstić information content (AvgIpc) is 3.07. The van der Waals surface area contributed by atoms with Crippen LogP contribution in [0.3, 0.4) is 0 Å². The number of thiocarbonyl (C=S) groups is 1. The van der Waals surface area contributed by atoms with Crippen LogP contribution in [-0.4, -0.2) is 34.7 Å². The first-order valence-electron chi connectivity index (χ1n) is 9.83. The molecular formula is C22H18F3N7S. The normalized spacial score (nSPS) is 11.4. The lowest BCUT2D eigenvalue weighted by Crippen LogP contribution is -2.19. The summed E-state index contributed by atoms with van der Waals surface area (Å²) >= 11 is 5.45. The van der Waals surface area contributed by atoms with Crippen LogP contribution in [0.4, 0.5) is 19.0 Å². The molecule has 0 bridgehead atoms. The first-order chi connectivity index (χ1) is 15.7.